The van der Waals surface area contributed by atoms with Crippen molar-refractivity contribution in [3.05, 3.63) is 0 Å². The molecule has 0 fully saturated rings. The van der Waals surface area contributed by atoms with Gasteiger partial charge < -0.3 is 9.47 Å². The highest BCUT2D eigenvalue weighted by atomic mass is 16.5. The molecule has 0 aromatic heterocycles. The Morgan fingerprint density at radius 2 is 1.25 bits per heavy atom. The van der Waals surface area contributed by atoms with Gasteiger partial charge >= 0.3 is 11.9 Å². The molecule has 0 radical (unpaired) electrons. The first-order valence-electron chi connectivity index (χ1n) is 9.82. The monoisotopic (exact) mass is 342 g/mol. The fourth-order valence-corrected chi connectivity index (χ4v) is 2.28. The maximum Gasteiger partial charge on any atom is 0.306 e. The number of hydrogen-bond acceptors (Lipinski definition) is 4. The van der Waals surface area contributed by atoms with E-state index in [2.05, 4.69) is 6.92 Å². The minimum Gasteiger partial charge on any atom is -0.466 e. The van der Waals surface area contributed by atoms with Gasteiger partial charge in [0.05, 0.1) is 19.4 Å². The molecule has 142 valence electrons. The highest BCUT2D eigenvalue weighted by Crippen LogP contribution is 2.10. The first kappa shape index (κ1) is 22.9. The van der Waals surface area contributed by atoms with Gasteiger partial charge in [0.1, 0.15) is 6.10 Å². The zero-order chi connectivity index (χ0) is 18.2. The molecule has 0 saturated carbocycles. The largest absolute Gasteiger partial charge is 0.466 e. The summed E-state index contributed by atoms with van der Waals surface area (Å²) < 4.78 is 10.4. The van der Waals surface area contributed by atoms with Gasteiger partial charge in [-0.3, -0.25) is 9.59 Å². The number of unbranched alkanes of at least 4 members (excludes halogenated alkanes) is 8. The third-order valence-corrected chi connectivity index (χ3v) is 4.30. The molecule has 0 N–H and O–H groups in total. The Hall–Kier alpha value is -1.06. The van der Waals surface area contributed by atoms with Crippen LogP contribution in [0.1, 0.15) is 98.3 Å². The van der Waals surface area contributed by atoms with Crippen LogP contribution >= 0.6 is 0 Å². The van der Waals surface area contributed by atoms with Crippen LogP contribution < -0.4 is 0 Å². The summed E-state index contributed by atoms with van der Waals surface area (Å²) in [6, 6.07) is 0. The third kappa shape index (κ3) is 14.5. The van der Waals surface area contributed by atoms with Crippen molar-refractivity contribution in [3.8, 4) is 0 Å². The second kappa shape index (κ2) is 15.5. The van der Waals surface area contributed by atoms with Crippen LogP contribution in [0.15, 0.2) is 0 Å². The van der Waals surface area contributed by atoms with Crippen LogP contribution in [0.2, 0.25) is 0 Å². The molecule has 0 aromatic carbocycles. The molecular formula is C20H38O4. The third-order valence-electron chi connectivity index (χ3n) is 4.30. The van der Waals surface area contributed by atoms with Crippen molar-refractivity contribution in [2.24, 2.45) is 5.92 Å². The SMILES string of the molecule is CCCCCCCCCCCOC(=O)CCC(=O)OC(C)C(C)C. The minimum atomic E-state index is -0.323. The first-order chi connectivity index (χ1) is 11.5. The average Bonchev–Trinajstić information content (AvgIpc) is 2.54. The Labute approximate surface area is 148 Å². The topological polar surface area (TPSA) is 52.6 Å². The summed E-state index contributed by atoms with van der Waals surface area (Å²) >= 11 is 0. The number of carbonyl (C=O) groups is 2. The second-order valence-corrected chi connectivity index (χ2v) is 6.99. The Balaban J connectivity index is 3.42. The predicted octanol–water partition coefficient (Wildman–Crippen LogP) is 5.43. The van der Waals surface area contributed by atoms with Gasteiger partial charge in [-0.15, -0.1) is 0 Å². The lowest BCUT2D eigenvalue weighted by molar-refractivity contribution is -0.154. The van der Waals surface area contributed by atoms with Crippen LogP contribution in [-0.4, -0.2) is 24.6 Å². The fraction of sp³-hybridized carbons (Fsp3) is 0.900. The fourth-order valence-electron chi connectivity index (χ4n) is 2.28. The number of ether oxygens (including phenoxy) is 2. The molecule has 1 unspecified atom stereocenters. The van der Waals surface area contributed by atoms with E-state index in [1.807, 2.05) is 20.8 Å². The summed E-state index contributed by atoms with van der Waals surface area (Å²) in [5.74, 6) is -0.340. The normalized spacial score (nSPS) is 12.2. The number of esters is 2. The molecule has 0 spiro atoms. The molecule has 0 aliphatic rings. The summed E-state index contributed by atoms with van der Waals surface area (Å²) in [5.41, 5.74) is 0. The zero-order valence-electron chi connectivity index (χ0n) is 16.3. The van der Waals surface area contributed by atoms with E-state index in [1.165, 1.54) is 44.9 Å². The van der Waals surface area contributed by atoms with E-state index in [9.17, 15) is 9.59 Å². The number of carbonyl (C=O) groups excluding carboxylic acids is 2. The summed E-state index contributed by atoms with van der Waals surface area (Å²) in [5, 5.41) is 0. The van der Waals surface area contributed by atoms with E-state index in [-0.39, 0.29) is 36.8 Å². The van der Waals surface area contributed by atoms with E-state index in [0.717, 1.165) is 12.8 Å². The van der Waals surface area contributed by atoms with Crippen LogP contribution in [0.3, 0.4) is 0 Å². The lowest BCUT2D eigenvalue weighted by Gasteiger charge is -2.16. The standard InChI is InChI=1S/C20H38O4/c1-5-6-7-8-9-10-11-12-13-16-23-19(21)14-15-20(22)24-18(4)17(2)3/h17-18H,5-16H2,1-4H3. The molecule has 0 amide bonds. The summed E-state index contributed by atoms with van der Waals surface area (Å²) in [4.78, 5) is 23.1. The van der Waals surface area contributed by atoms with Crippen LogP contribution in [0.25, 0.3) is 0 Å². The second-order valence-electron chi connectivity index (χ2n) is 6.99. The Morgan fingerprint density at radius 3 is 1.79 bits per heavy atom. The van der Waals surface area contributed by atoms with E-state index in [4.69, 9.17) is 9.47 Å². The van der Waals surface area contributed by atoms with Crippen molar-refractivity contribution in [2.45, 2.75) is 104 Å². The van der Waals surface area contributed by atoms with Gasteiger partial charge in [-0.25, -0.2) is 0 Å². The Kier molecular flexibility index (Phi) is 14.8. The van der Waals surface area contributed by atoms with Gasteiger partial charge in [-0.1, -0.05) is 72.1 Å². The molecule has 0 heterocycles. The predicted molar refractivity (Wildman–Crippen MR) is 97.8 cm³/mol. The number of hydrogen-bond donors (Lipinski definition) is 0. The highest BCUT2D eigenvalue weighted by molar-refractivity contribution is 5.77. The molecular weight excluding hydrogens is 304 g/mol. The molecule has 24 heavy (non-hydrogen) atoms. The molecule has 0 saturated heterocycles. The van der Waals surface area contributed by atoms with Crippen molar-refractivity contribution in [2.75, 3.05) is 6.61 Å². The molecule has 1 atom stereocenters. The Morgan fingerprint density at radius 1 is 0.750 bits per heavy atom. The number of rotatable bonds is 15. The van der Waals surface area contributed by atoms with Crippen molar-refractivity contribution in [3.63, 3.8) is 0 Å². The van der Waals surface area contributed by atoms with E-state index in [1.54, 1.807) is 0 Å². The van der Waals surface area contributed by atoms with Gasteiger partial charge in [0.15, 0.2) is 0 Å². The quantitative estimate of drug-likeness (QED) is 0.294. The van der Waals surface area contributed by atoms with E-state index in [0.29, 0.717) is 6.61 Å². The zero-order valence-corrected chi connectivity index (χ0v) is 16.3. The minimum absolute atomic E-state index is 0.105. The molecule has 0 aliphatic heterocycles. The molecule has 0 aromatic rings. The van der Waals surface area contributed by atoms with Crippen molar-refractivity contribution < 1.29 is 19.1 Å². The summed E-state index contributed by atoms with van der Waals surface area (Å²) in [6.45, 7) is 8.56. The van der Waals surface area contributed by atoms with Gasteiger partial charge in [-0.2, -0.15) is 0 Å². The summed E-state index contributed by atoms with van der Waals surface area (Å²) in [6.07, 6.45) is 11.3. The van der Waals surface area contributed by atoms with Crippen LogP contribution in [-0.2, 0) is 19.1 Å². The summed E-state index contributed by atoms with van der Waals surface area (Å²) in [7, 11) is 0. The van der Waals surface area contributed by atoms with E-state index >= 15 is 0 Å². The van der Waals surface area contributed by atoms with Gasteiger partial charge in [0, 0.05) is 0 Å². The molecule has 0 aliphatic carbocycles. The van der Waals surface area contributed by atoms with Crippen LogP contribution in [0, 0.1) is 5.92 Å². The maximum absolute atomic E-state index is 11.6. The lowest BCUT2D eigenvalue weighted by atomic mass is 10.1. The smallest absolute Gasteiger partial charge is 0.306 e. The van der Waals surface area contributed by atoms with Crippen molar-refractivity contribution >= 4 is 11.9 Å². The van der Waals surface area contributed by atoms with Gasteiger partial charge in [0.25, 0.3) is 0 Å². The van der Waals surface area contributed by atoms with Gasteiger partial charge in [0.2, 0.25) is 0 Å². The molecule has 4 heteroatoms. The average molecular weight is 343 g/mol. The lowest BCUT2D eigenvalue weighted by Crippen LogP contribution is -2.20. The molecule has 0 rings (SSSR count). The highest BCUT2D eigenvalue weighted by Gasteiger charge is 2.14. The molecule has 4 nitrogen and oxygen atoms in total. The van der Waals surface area contributed by atoms with Crippen LogP contribution in [0.5, 0.6) is 0 Å². The van der Waals surface area contributed by atoms with Gasteiger partial charge in [-0.05, 0) is 19.3 Å². The Bertz CT molecular complexity index is 326. The molecule has 0 bridgehead atoms. The van der Waals surface area contributed by atoms with Crippen molar-refractivity contribution in [1.82, 2.24) is 0 Å². The maximum atomic E-state index is 11.6. The first-order valence-corrected chi connectivity index (χ1v) is 9.82. The van der Waals surface area contributed by atoms with Crippen LogP contribution in [0.4, 0.5) is 0 Å². The van der Waals surface area contributed by atoms with E-state index < -0.39 is 0 Å². The van der Waals surface area contributed by atoms with Crippen molar-refractivity contribution in [1.29, 1.82) is 0 Å².